The normalized spacial score (nSPS) is 9.81. The van der Waals surface area contributed by atoms with E-state index in [9.17, 15) is 4.79 Å². The van der Waals surface area contributed by atoms with Crippen molar-refractivity contribution in [1.29, 1.82) is 0 Å². The molecule has 0 atom stereocenters. The van der Waals surface area contributed by atoms with Crippen LogP contribution in [0.1, 0.15) is 27.3 Å². The molecule has 108 valence electrons. The van der Waals surface area contributed by atoms with E-state index in [0.29, 0.717) is 29.9 Å². The van der Waals surface area contributed by atoms with Gasteiger partial charge in [0.2, 0.25) is 6.39 Å². The van der Waals surface area contributed by atoms with E-state index < -0.39 is 0 Å². The molecule has 2 N–H and O–H groups in total. The Morgan fingerprint density at radius 3 is 3.05 bits per heavy atom. The van der Waals surface area contributed by atoms with Crippen molar-refractivity contribution < 1.29 is 14.4 Å². The predicted octanol–water partition coefficient (Wildman–Crippen LogP) is 0.694. The third-order valence-electron chi connectivity index (χ3n) is 2.76. The summed E-state index contributed by atoms with van der Waals surface area (Å²) < 4.78 is 4.62. The number of aliphatic hydroxyl groups excluding tert-OH is 1. The lowest BCUT2D eigenvalue weighted by atomic mass is 10.0. The van der Waals surface area contributed by atoms with E-state index in [2.05, 4.69) is 31.8 Å². The minimum Gasteiger partial charge on any atom is -0.384 e. The maximum atomic E-state index is 12.2. The SMILES string of the molecule is Cc1ccc(C(=O)NCCc2ncon2)c(C#CCO)c1. The molecule has 0 aliphatic heterocycles. The van der Waals surface area contributed by atoms with Crippen LogP contribution in [-0.4, -0.2) is 34.3 Å². The molecular weight excluding hydrogens is 270 g/mol. The molecule has 0 fully saturated rings. The van der Waals surface area contributed by atoms with Crippen molar-refractivity contribution in [2.45, 2.75) is 13.3 Å². The number of nitrogens with zero attached hydrogens (tertiary/aromatic N) is 2. The number of hydrogen-bond donors (Lipinski definition) is 2. The summed E-state index contributed by atoms with van der Waals surface area (Å²) in [7, 11) is 0. The van der Waals surface area contributed by atoms with Gasteiger partial charge in [-0.1, -0.05) is 23.1 Å². The smallest absolute Gasteiger partial charge is 0.252 e. The van der Waals surface area contributed by atoms with Crippen molar-refractivity contribution in [1.82, 2.24) is 15.5 Å². The summed E-state index contributed by atoms with van der Waals surface area (Å²) >= 11 is 0. The zero-order chi connectivity index (χ0) is 15.1. The molecule has 0 saturated heterocycles. The third-order valence-corrected chi connectivity index (χ3v) is 2.76. The molecule has 0 aliphatic rings. The number of aryl methyl sites for hydroxylation is 1. The van der Waals surface area contributed by atoms with E-state index in [1.807, 2.05) is 19.1 Å². The van der Waals surface area contributed by atoms with Crippen molar-refractivity contribution in [2.24, 2.45) is 0 Å². The van der Waals surface area contributed by atoms with Crippen LogP contribution in [0.2, 0.25) is 0 Å². The molecule has 6 nitrogen and oxygen atoms in total. The molecule has 0 aliphatic carbocycles. The molecule has 0 spiro atoms. The lowest BCUT2D eigenvalue weighted by Gasteiger charge is -2.07. The molecule has 1 heterocycles. The molecule has 0 radical (unpaired) electrons. The highest BCUT2D eigenvalue weighted by atomic mass is 16.5. The minimum atomic E-state index is -0.243. The molecule has 6 heteroatoms. The summed E-state index contributed by atoms with van der Waals surface area (Å²) in [5.74, 6) is 5.67. The molecule has 1 aromatic carbocycles. The van der Waals surface area contributed by atoms with Gasteiger partial charge in [0.05, 0.1) is 5.56 Å². The molecule has 0 bridgehead atoms. The van der Waals surface area contributed by atoms with Gasteiger partial charge in [-0.05, 0) is 24.6 Å². The number of amides is 1. The van der Waals surface area contributed by atoms with Crippen LogP contribution in [0.15, 0.2) is 29.1 Å². The number of rotatable bonds is 4. The fraction of sp³-hybridized carbons (Fsp3) is 0.267. The summed E-state index contributed by atoms with van der Waals surface area (Å²) in [5, 5.41) is 15.2. The highest BCUT2D eigenvalue weighted by Gasteiger charge is 2.10. The molecule has 0 unspecified atom stereocenters. The number of carbonyl (C=O) groups excluding carboxylic acids is 1. The highest BCUT2D eigenvalue weighted by molar-refractivity contribution is 5.96. The van der Waals surface area contributed by atoms with Gasteiger partial charge in [-0.2, -0.15) is 4.98 Å². The van der Waals surface area contributed by atoms with Gasteiger partial charge in [0, 0.05) is 18.5 Å². The summed E-state index contributed by atoms with van der Waals surface area (Å²) in [5.41, 5.74) is 2.08. The van der Waals surface area contributed by atoms with Gasteiger partial charge < -0.3 is 14.9 Å². The van der Waals surface area contributed by atoms with Crippen LogP contribution in [0.25, 0.3) is 0 Å². The fourth-order valence-corrected chi connectivity index (χ4v) is 1.78. The second-order valence-electron chi connectivity index (χ2n) is 4.36. The van der Waals surface area contributed by atoms with Gasteiger partial charge in [0.25, 0.3) is 5.91 Å². The molecule has 0 saturated carbocycles. The Bertz CT molecular complexity index is 669. The van der Waals surface area contributed by atoms with Crippen LogP contribution in [0.3, 0.4) is 0 Å². The zero-order valence-electron chi connectivity index (χ0n) is 11.6. The second kappa shape index (κ2) is 7.22. The van der Waals surface area contributed by atoms with Crippen LogP contribution in [0, 0.1) is 18.8 Å². The van der Waals surface area contributed by atoms with Crippen LogP contribution < -0.4 is 5.32 Å². The van der Waals surface area contributed by atoms with E-state index in [1.165, 1.54) is 6.39 Å². The maximum absolute atomic E-state index is 12.2. The monoisotopic (exact) mass is 285 g/mol. The Labute approximate surface area is 122 Å². The number of aromatic nitrogens is 2. The number of carbonyl (C=O) groups is 1. The molecule has 21 heavy (non-hydrogen) atoms. The Morgan fingerprint density at radius 2 is 2.33 bits per heavy atom. The first-order chi connectivity index (χ1) is 10.2. The average Bonchev–Trinajstić information content (AvgIpc) is 2.98. The van der Waals surface area contributed by atoms with E-state index in [-0.39, 0.29) is 12.5 Å². The van der Waals surface area contributed by atoms with Crippen molar-refractivity contribution >= 4 is 5.91 Å². The quantitative estimate of drug-likeness (QED) is 0.807. The lowest BCUT2D eigenvalue weighted by Crippen LogP contribution is -2.26. The van der Waals surface area contributed by atoms with Crippen LogP contribution >= 0.6 is 0 Å². The summed E-state index contributed by atoms with van der Waals surface area (Å²) in [6.07, 6.45) is 1.74. The molecule has 1 aromatic heterocycles. The van der Waals surface area contributed by atoms with Crippen LogP contribution in [0.4, 0.5) is 0 Å². The lowest BCUT2D eigenvalue weighted by molar-refractivity contribution is 0.0953. The van der Waals surface area contributed by atoms with Crippen molar-refractivity contribution in [3.05, 3.63) is 47.1 Å². The minimum absolute atomic E-state index is 0.222. The van der Waals surface area contributed by atoms with E-state index in [4.69, 9.17) is 5.11 Å². The first-order valence-corrected chi connectivity index (χ1v) is 6.44. The highest BCUT2D eigenvalue weighted by Crippen LogP contribution is 2.10. The molecular formula is C15H15N3O3. The topological polar surface area (TPSA) is 88.3 Å². The number of aliphatic hydroxyl groups is 1. The van der Waals surface area contributed by atoms with E-state index in [1.54, 1.807) is 6.07 Å². The van der Waals surface area contributed by atoms with E-state index in [0.717, 1.165) is 5.56 Å². The Hall–Kier alpha value is -2.65. The van der Waals surface area contributed by atoms with Gasteiger partial charge in [0.1, 0.15) is 6.61 Å². The second-order valence-corrected chi connectivity index (χ2v) is 4.36. The Kier molecular flexibility index (Phi) is 5.07. The standard InChI is InChI=1S/C15H15N3O3/c1-11-4-5-13(12(9-11)3-2-8-19)15(20)16-7-6-14-17-10-21-18-14/h4-5,9-10,19H,6-8H2,1H3,(H,16,20). The first kappa shape index (κ1) is 14.8. The summed E-state index contributed by atoms with van der Waals surface area (Å²) in [6.45, 7) is 2.08. The number of hydrogen-bond acceptors (Lipinski definition) is 5. The third kappa shape index (κ3) is 4.16. The molecule has 1 amide bonds. The van der Waals surface area contributed by atoms with Gasteiger partial charge in [-0.3, -0.25) is 4.79 Å². The zero-order valence-corrected chi connectivity index (χ0v) is 11.6. The van der Waals surface area contributed by atoms with Crippen molar-refractivity contribution in [2.75, 3.05) is 13.2 Å². The summed E-state index contributed by atoms with van der Waals surface area (Å²) in [4.78, 5) is 16.0. The average molecular weight is 285 g/mol. The predicted molar refractivity (Wildman–Crippen MR) is 75.5 cm³/mol. The number of nitrogens with one attached hydrogen (secondary N) is 1. The number of benzene rings is 1. The summed E-state index contributed by atoms with van der Waals surface area (Å²) in [6, 6.07) is 5.38. The Balaban J connectivity index is 2.04. The van der Waals surface area contributed by atoms with Crippen molar-refractivity contribution in [3.8, 4) is 11.8 Å². The van der Waals surface area contributed by atoms with E-state index >= 15 is 0 Å². The molecule has 2 rings (SSSR count). The van der Waals surface area contributed by atoms with Crippen LogP contribution in [-0.2, 0) is 6.42 Å². The Morgan fingerprint density at radius 1 is 1.48 bits per heavy atom. The van der Waals surface area contributed by atoms with Gasteiger partial charge in [-0.25, -0.2) is 0 Å². The maximum Gasteiger partial charge on any atom is 0.252 e. The molecule has 2 aromatic rings. The largest absolute Gasteiger partial charge is 0.384 e. The fourth-order valence-electron chi connectivity index (χ4n) is 1.78. The van der Waals surface area contributed by atoms with Gasteiger partial charge >= 0.3 is 0 Å². The first-order valence-electron chi connectivity index (χ1n) is 6.44. The van der Waals surface area contributed by atoms with Gasteiger partial charge in [-0.15, -0.1) is 0 Å². The van der Waals surface area contributed by atoms with Crippen LogP contribution in [0.5, 0.6) is 0 Å². The van der Waals surface area contributed by atoms with Gasteiger partial charge in [0.15, 0.2) is 5.82 Å². The van der Waals surface area contributed by atoms with Crippen molar-refractivity contribution in [3.63, 3.8) is 0 Å².